The van der Waals surface area contributed by atoms with E-state index in [-0.39, 0.29) is 0 Å². The van der Waals surface area contributed by atoms with Crippen molar-refractivity contribution in [3.05, 3.63) is 28.0 Å². The van der Waals surface area contributed by atoms with Crippen LogP contribution < -0.4 is 5.32 Å². The summed E-state index contributed by atoms with van der Waals surface area (Å²) in [6, 6.07) is 2.54. The number of hydrogen-bond donors (Lipinski definition) is 1. The maximum atomic E-state index is 13.0. The normalized spacial score (nSPS) is 16.4. The average molecular weight is 277 g/mol. The van der Waals surface area contributed by atoms with Gasteiger partial charge in [-0.05, 0) is 38.1 Å². The van der Waals surface area contributed by atoms with Crippen molar-refractivity contribution in [1.29, 1.82) is 0 Å². The number of anilines is 1. The molecule has 0 unspecified atom stereocenters. The summed E-state index contributed by atoms with van der Waals surface area (Å²) in [5.41, 5.74) is 0.619. The van der Waals surface area contributed by atoms with Gasteiger partial charge in [-0.25, -0.2) is 4.39 Å². The van der Waals surface area contributed by atoms with Gasteiger partial charge in [0.1, 0.15) is 5.82 Å². The Balaban J connectivity index is 1.89. The van der Waals surface area contributed by atoms with Crippen molar-refractivity contribution in [2.45, 2.75) is 12.8 Å². The predicted octanol–water partition coefficient (Wildman–Crippen LogP) is 3.64. The molecule has 1 N–H and O–H groups in total. The lowest BCUT2D eigenvalue weighted by Crippen LogP contribution is -2.26. The van der Waals surface area contributed by atoms with Crippen molar-refractivity contribution >= 4 is 28.9 Å². The Hall–Kier alpha value is -0.510. The molecule has 2 nitrogen and oxygen atoms in total. The van der Waals surface area contributed by atoms with Crippen molar-refractivity contribution in [1.82, 2.24) is 4.90 Å². The molecule has 0 aromatic heterocycles. The summed E-state index contributed by atoms with van der Waals surface area (Å²) in [6.07, 6.45) is 2.55. The van der Waals surface area contributed by atoms with E-state index in [1.54, 1.807) is 0 Å². The van der Waals surface area contributed by atoms with Crippen LogP contribution in [0.4, 0.5) is 10.1 Å². The van der Waals surface area contributed by atoms with E-state index in [4.69, 9.17) is 23.2 Å². The van der Waals surface area contributed by atoms with Crippen LogP contribution in [0.2, 0.25) is 10.0 Å². The third kappa shape index (κ3) is 3.47. The minimum Gasteiger partial charge on any atom is -0.381 e. The fraction of sp³-hybridized carbons (Fsp3) is 0.500. The Morgan fingerprint density at radius 1 is 1.18 bits per heavy atom. The van der Waals surface area contributed by atoms with Gasteiger partial charge in [-0.1, -0.05) is 23.2 Å². The highest BCUT2D eigenvalue weighted by Gasteiger charge is 2.12. The monoisotopic (exact) mass is 276 g/mol. The van der Waals surface area contributed by atoms with Gasteiger partial charge in [0.15, 0.2) is 0 Å². The molecular formula is C12H15Cl2FN2. The van der Waals surface area contributed by atoms with E-state index in [0.717, 1.165) is 26.2 Å². The second-order valence-corrected chi connectivity index (χ2v) is 5.03. The smallest absolute Gasteiger partial charge is 0.126 e. The molecule has 1 aromatic rings. The highest BCUT2D eigenvalue weighted by molar-refractivity contribution is 6.39. The van der Waals surface area contributed by atoms with Crippen LogP contribution in [0.15, 0.2) is 12.1 Å². The molecule has 1 saturated heterocycles. The number of rotatable bonds is 4. The van der Waals surface area contributed by atoms with Crippen LogP contribution in [0.5, 0.6) is 0 Å². The molecule has 0 amide bonds. The van der Waals surface area contributed by atoms with Crippen LogP contribution in [-0.2, 0) is 0 Å². The molecule has 1 heterocycles. The molecule has 0 aliphatic carbocycles. The summed E-state index contributed by atoms with van der Waals surface area (Å²) in [5, 5.41) is 3.82. The summed E-state index contributed by atoms with van der Waals surface area (Å²) in [6.45, 7) is 4.05. The van der Waals surface area contributed by atoms with Gasteiger partial charge in [-0.15, -0.1) is 0 Å². The van der Waals surface area contributed by atoms with Gasteiger partial charge in [-0.2, -0.15) is 0 Å². The fourth-order valence-electron chi connectivity index (χ4n) is 2.06. The number of benzene rings is 1. The van der Waals surface area contributed by atoms with E-state index in [2.05, 4.69) is 10.2 Å². The Morgan fingerprint density at radius 2 is 1.76 bits per heavy atom. The summed E-state index contributed by atoms with van der Waals surface area (Å²) in [5.74, 6) is -0.412. The Kier molecular flexibility index (Phi) is 4.48. The van der Waals surface area contributed by atoms with Crippen molar-refractivity contribution in [3.8, 4) is 0 Å². The van der Waals surface area contributed by atoms with Crippen molar-refractivity contribution in [2.75, 3.05) is 31.5 Å². The van der Waals surface area contributed by atoms with Crippen LogP contribution >= 0.6 is 23.2 Å². The molecule has 1 aliphatic heterocycles. The number of nitrogens with one attached hydrogen (secondary N) is 1. The van der Waals surface area contributed by atoms with Gasteiger partial charge < -0.3 is 10.2 Å². The van der Waals surface area contributed by atoms with Crippen LogP contribution in [0.3, 0.4) is 0 Å². The highest BCUT2D eigenvalue weighted by Crippen LogP contribution is 2.31. The first-order valence-corrected chi connectivity index (χ1v) is 6.53. The highest BCUT2D eigenvalue weighted by atomic mass is 35.5. The van der Waals surface area contributed by atoms with Crippen LogP contribution in [0.25, 0.3) is 0 Å². The third-order valence-electron chi connectivity index (χ3n) is 2.94. The summed E-state index contributed by atoms with van der Waals surface area (Å²) in [4.78, 5) is 2.39. The zero-order valence-electron chi connectivity index (χ0n) is 9.48. The molecule has 17 heavy (non-hydrogen) atoms. The van der Waals surface area contributed by atoms with Gasteiger partial charge in [0.25, 0.3) is 0 Å². The van der Waals surface area contributed by atoms with Crippen LogP contribution in [-0.4, -0.2) is 31.1 Å². The lowest BCUT2D eigenvalue weighted by Gasteiger charge is -2.16. The maximum absolute atomic E-state index is 13.0. The third-order valence-corrected chi connectivity index (χ3v) is 3.53. The first kappa shape index (κ1) is 12.9. The Morgan fingerprint density at radius 3 is 2.35 bits per heavy atom. The number of nitrogens with zero attached hydrogens (tertiary/aromatic N) is 1. The zero-order valence-corrected chi connectivity index (χ0v) is 11.0. The average Bonchev–Trinajstić information content (AvgIpc) is 2.74. The second-order valence-electron chi connectivity index (χ2n) is 4.22. The molecule has 0 spiro atoms. The molecule has 0 atom stereocenters. The quantitative estimate of drug-likeness (QED) is 0.903. The Bertz CT molecular complexity index is 369. The molecular weight excluding hydrogens is 262 g/mol. The van der Waals surface area contributed by atoms with Gasteiger partial charge in [0.2, 0.25) is 0 Å². The molecule has 0 bridgehead atoms. The molecule has 5 heteroatoms. The van der Waals surface area contributed by atoms with Gasteiger partial charge in [0.05, 0.1) is 15.7 Å². The fourth-order valence-corrected chi connectivity index (χ4v) is 2.65. The number of likely N-dealkylation sites (tertiary alicyclic amines) is 1. The minimum atomic E-state index is -0.412. The molecule has 1 aliphatic rings. The second kappa shape index (κ2) is 5.89. The summed E-state index contributed by atoms with van der Waals surface area (Å²) < 4.78 is 13.0. The van der Waals surface area contributed by atoms with E-state index in [1.807, 2.05) is 0 Å². The predicted molar refractivity (Wildman–Crippen MR) is 70.6 cm³/mol. The zero-order chi connectivity index (χ0) is 12.3. The van der Waals surface area contributed by atoms with Gasteiger partial charge in [-0.3, -0.25) is 0 Å². The molecule has 1 fully saturated rings. The Labute approximate surface area is 111 Å². The molecule has 2 rings (SSSR count). The molecule has 0 radical (unpaired) electrons. The van der Waals surface area contributed by atoms with Gasteiger partial charge in [0, 0.05) is 13.1 Å². The van der Waals surface area contributed by atoms with Crippen molar-refractivity contribution in [3.63, 3.8) is 0 Å². The number of halogens is 3. The van der Waals surface area contributed by atoms with E-state index in [9.17, 15) is 4.39 Å². The first-order valence-electron chi connectivity index (χ1n) is 5.77. The van der Waals surface area contributed by atoms with Crippen LogP contribution in [0.1, 0.15) is 12.8 Å². The maximum Gasteiger partial charge on any atom is 0.126 e. The minimum absolute atomic E-state index is 0.330. The topological polar surface area (TPSA) is 15.3 Å². The van der Waals surface area contributed by atoms with Crippen molar-refractivity contribution in [2.24, 2.45) is 0 Å². The largest absolute Gasteiger partial charge is 0.381 e. The SMILES string of the molecule is Fc1cc(Cl)c(NCCN2CCCC2)c(Cl)c1. The van der Waals surface area contributed by atoms with E-state index in [0.29, 0.717) is 15.7 Å². The molecule has 0 saturated carbocycles. The van der Waals surface area contributed by atoms with E-state index < -0.39 is 5.82 Å². The molecule has 1 aromatic carbocycles. The van der Waals surface area contributed by atoms with Crippen LogP contribution in [0, 0.1) is 5.82 Å². The summed E-state index contributed by atoms with van der Waals surface area (Å²) >= 11 is 11.9. The first-order chi connectivity index (χ1) is 8.16. The number of hydrogen-bond acceptors (Lipinski definition) is 2. The van der Waals surface area contributed by atoms with E-state index in [1.165, 1.54) is 25.0 Å². The molecule has 94 valence electrons. The lowest BCUT2D eigenvalue weighted by molar-refractivity contribution is 0.352. The standard InChI is InChI=1S/C12H15Cl2FN2/c13-10-7-9(15)8-11(14)12(10)16-3-6-17-4-1-2-5-17/h7-8,16H,1-6H2. The van der Waals surface area contributed by atoms with E-state index >= 15 is 0 Å². The lowest BCUT2D eigenvalue weighted by atomic mass is 10.3. The van der Waals surface area contributed by atoms with Gasteiger partial charge >= 0.3 is 0 Å². The summed E-state index contributed by atoms with van der Waals surface area (Å²) in [7, 11) is 0. The van der Waals surface area contributed by atoms with Crippen molar-refractivity contribution < 1.29 is 4.39 Å².